The van der Waals surface area contributed by atoms with Gasteiger partial charge in [-0.05, 0) is 31.9 Å². The molecule has 0 radical (unpaired) electrons. The van der Waals surface area contributed by atoms with Crippen LogP contribution in [0.1, 0.15) is 43.0 Å². The van der Waals surface area contributed by atoms with Crippen LogP contribution in [0.2, 0.25) is 0 Å². The van der Waals surface area contributed by atoms with Crippen LogP contribution in [0.15, 0.2) is 24.3 Å². The van der Waals surface area contributed by atoms with Crippen molar-refractivity contribution in [2.24, 2.45) is 0 Å². The van der Waals surface area contributed by atoms with Crippen LogP contribution in [0.25, 0.3) is 0 Å². The van der Waals surface area contributed by atoms with Crippen molar-refractivity contribution in [2.75, 3.05) is 5.32 Å². The maximum atomic E-state index is 11.2. The minimum absolute atomic E-state index is 0.130. The van der Waals surface area contributed by atoms with Crippen molar-refractivity contribution in [1.82, 2.24) is 0 Å². The van der Waals surface area contributed by atoms with E-state index in [-0.39, 0.29) is 5.78 Å². The number of benzene rings is 1. The van der Waals surface area contributed by atoms with Gasteiger partial charge in [0, 0.05) is 17.3 Å². The van der Waals surface area contributed by atoms with E-state index >= 15 is 0 Å². The van der Waals surface area contributed by atoms with Gasteiger partial charge in [0.1, 0.15) is 0 Å². The Morgan fingerprint density at radius 1 is 1.33 bits per heavy atom. The quantitative estimate of drug-likeness (QED) is 0.764. The van der Waals surface area contributed by atoms with E-state index < -0.39 is 0 Å². The van der Waals surface area contributed by atoms with Crippen LogP contribution in [0.3, 0.4) is 0 Å². The van der Waals surface area contributed by atoms with Crippen molar-refractivity contribution in [3.05, 3.63) is 29.8 Å². The molecule has 0 bridgehead atoms. The number of nitrogens with one attached hydrogen (secondary N) is 1. The van der Waals surface area contributed by atoms with E-state index in [0.29, 0.717) is 6.04 Å². The van der Waals surface area contributed by atoms with E-state index in [9.17, 15) is 4.79 Å². The predicted octanol–water partition coefficient (Wildman–Crippen LogP) is 3.24. The van der Waals surface area contributed by atoms with Gasteiger partial charge in [-0.3, -0.25) is 4.79 Å². The molecule has 0 amide bonds. The minimum atomic E-state index is 0.130. The summed E-state index contributed by atoms with van der Waals surface area (Å²) in [7, 11) is 0. The fourth-order valence-electron chi connectivity index (χ4n) is 2.13. The highest BCUT2D eigenvalue weighted by atomic mass is 16.1. The first-order valence-corrected chi connectivity index (χ1v) is 5.63. The monoisotopic (exact) mass is 203 g/mol. The predicted molar refractivity (Wildman–Crippen MR) is 62.3 cm³/mol. The van der Waals surface area contributed by atoms with Crippen molar-refractivity contribution in [3.8, 4) is 0 Å². The van der Waals surface area contributed by atoms with E-state index in [1.807, 2.05) is 24.3 Å². The first-order valence-electron chi connectivity index (χ1n) is 5.63. The molecule has 0 spiro atoms. The molecule has 15 heavy (non-hydrogen) atoms. The highest BCUT2D eigenvalue weighted by Crippen LogP contribution is 2.22. The van der Waals surface area contributed by atoms with Crippen molar-refractivity contribution in [3.63, 3.8) is 0 Å². The largest absolute Gasteiger partial charge is 0.382 e. The van der Waals surface area contributed by atoms with Crippen LogP contribution < -0.4 is 5.32 Å². The minimum Gasteiger partial charge on any atom is -0.382 e. The summed E-state index contributed by atoms with van der Waals surface area (Å²) in [5, 5.41) is 3.48. The van der Waals surface area contributed by atoms with Crippen molar-refractivity contribution < 1.29 is 4.79 Å². The summed E-state index contributed by atoms with van der Waals surface area (Å²) in [5.41, 5.74) is 1.87. The normalized spacial score (nSPS) is 16.6. The number of anilines is 1. The Balaban J connectivity index is 2.07. The van der Waals surface area contributed by atoms with Gasteiger partial charge in [0.2, 0.25) is 0 Å². The Bertz CT molecular complexity index is 353. The maximum absolute atomic E-state index is 11.2. The second-order valence-electron chi connectivity index (χ2n) is 4.26. The highest BCUT2D eigenvalue weighted by molar-refractivity contribution is 5.94. The molecule has 1 N–H and O–H groups in total. The smallest absolute Gasteiger partial charge is 0.159 e. The molecule has 2 heteroatoms. The molecule has 0 heterocycles. The molecule has 0 unspecified atom stereocenters. The molecular formula is C13H17NO. The van der Waals surface area contributed by atoms with Crippen molar-refractivity contribution in [2.45, 2.75) is 38.6 Å². The van der Waals surface area contributed by atoms with Crippen LogP contribution in [-0.4, -0.2) is 11.8 Å². The Hall–Kier alpha value is -1.31. The zero-order valence-electron chi connectivity index (χ0n) is 9.12. The fourth-order valence-corrected chi connectivity index (χ4v) is 2.13. The summed E-state index contributed by atoms with van der Waals surface area (Å²) in [5.74, 6) is 0.130. The SMILES string of the molecule is CC(=O)c1cccc(NC2CCCC2)c1. The molecule has 1 saturated carbocycles. The second-order valence-corrected chi connectivity index (χ2v) is 4.26. The van der Waals surface area contributed by atoms with E-state index in [1.165, 1.54) is 25.7 Å². The molecule has 2 nitrogen and oxygen atoms in total. The third-order valence-electron chi connectivity index (χ3n) is 3.00. The number of carbonyl (C=O) groups excluding carboxylic acids is 1. The molecule has 0 saturated heterocycles. The van der Waals surface area contributed by atoms with Crippen molar-refractivity contribution in [1.29, 1.82) is 0 Å². The first-order chi connectivity index (χ1) is 7.25. The van der Waals surface area contributed by atoms with Crippen LogP contribution >= 0.6 is 0 Å². The molecule has 0 aromatic heterocycles. The summed E-state index contributed by atoms with van der Waals surface area (Å²) in [6, 6.07) is 8.38. The number of hydrogen-bond donors (Lipinski definition) is 1. The molecule has 1 aliphatic carbocycles. The Kier molecular flexibility index (Phi) is 3.05. The summed E-state index contributed by atoms with van der Waals surface area (Å²) < 4.78 is 0. The summed E-state index contributed by atoms with van der Waals surface area (Å²) in [6.07, 6.45) is 5.16. The Morgan fingerprint density at radius 3 is 2.73 bits per heavy atom. The van der Waals surface area contributed by atoms with E-state index in [2.05, 4.69) is 5.32 Å². The summed E-state index contributed by atoms with van der Waals surface area (Å²) >= 11 is 0. The number of carbonyl (C=O) groups is 1. The topological polar surface area (TPSA) is 29.1 Å². The standard InChI is InChI=1S/C13H17NO/c1-10(15)11-5-4-8-13(9-11)14-12-6-2-3-7-12/h4-5,8-9,12,14H,2-3,6-7H2,1H3. The van der Waals surface area contributed by atoms with Gasteiger partial charge in [-0.15, -0.1) is 0 Å². The third kappa shape index (κ3) is 2.58. The lowest BCUT2D eigenvalue weighted by Crippen LogP contribution is -2.14. The zero-order valence-corrected chi connectivity index (χ0v) is 9.12. The molecule has 1 aliphatic rings. The van der Waals surface area contributed by atoms with Crippen molar-refractivity contribution >= 4 is 11.5 Å². The molecule has 2 rings (SSSR count). The number of ketones is 1. The number of Topliss-reactive ketones (excluding diaryl/α,β-unsaturated/α-hetero) is 1. The summed E-state index contributed by atoms with van der Waals surface area (Å²) in [4.78, 5) is 11.2. The molecule has 80 valence electrons. The number of hydrogen-bond acceptors (Lipinski definition) is 2. The Labute approximate surface area is 90.7 Å². The lowest BCUT2D eigenvalue weighted by molar-refractivity contribution is 0.101. The van der Waals surface area contributed by atoms with Crippen LogP contribution in [0.5, 0.6) is 0 Å². The van der Waals surface area contributed by atoms with Gasteiger partial charge in [-0.1, -0.05) is 25.0 Å². The molecule has 1 aromatic rings. The average molecular weight is 203 g/mol. The van der Waals surface area contributed by atoms with E-state index in [4.69, 9.17) is 0 Å². The van der Waals surface area contributed by atoms with Crippen LogP contribution in [0, 0.1) is 0 Å². The van der Waals surface area contributed by atoms with Gasteiger partial charge in [0.15, 0.2) is 5.78 Å². The van der Waals surface area contributed by atoms with Crippen LogP contribution in [-0.2, 0) is 0 Å². The molecule has 1 aromatic carbocycles. The fraction of sp³-hybridized carbons (Fsp3) is 0.462. The van der Waals surface area contributed by atoms with E-state index in [0.717, 1.165) is 11.3 Å². The van der Waals surface area contributed by atoms with Gasteiger partial charge in [0.05, 0.1) is 0 Å². The summed E-state index contributed by atoms with van der Waals surface area (Å²) in [6.45, 7) is 1.61. The highest BCUT2D eigenvalue weighted by Gasteiger charge is 2.14. The van der Waals surface area contributed by atoms with Gasteiger partial charge in [-0.25, -0.2) is 0 Å². The lowest BCUT2D eigenvalue weighted by Gasteiger charge is -2.13. The molecular weight excluding hydrogens is 186 g/mol. The van der Waals surface area contributed by atoms with E-state index in [1.54, 1.807) is 6.92 Å². The lowest BCUT2D eigenvalue weighted by atomic mass is 10.1. The van der Waals surface area contributed by atoms with Gasteiger partial charge in [-0.2, -0.15) is 0 Å². The zero-order chi connectivity index (χ0) is 10.7. The first kappa shape index (κ1) is 10.2. The molecule has 0 atom stereocenters. The molecule has 1 fully saturated rings. The van der Waals surface area contributed by atoms with Gasteiger partial charge >= 0.3 is 0 Å². The molecule has 0 aliphatic heterocycles. The number of rotatable bonds is 3. The Morgan fingerprint density at radius 2 is 2.07 bits per heavy atom. The maximum Gasteiger partial charge on any atom is 0.159 e. The third-order valence-corrected chi connectivity index (χ3v) is 3.00. The van der Waals surface area contributed by atoms with Crippen LogP contribution in [0.4, 0.5) is 5.69 Å². The average Bonchev–Trinajstić information content (AvgIpc) is 2.71. The van der Waals surface area contributed by atoms with Gasteiger partial charge < -0.3 is 5.32 Å². The second kappa shape index (κ2) is 4.47. The van der Waals surface area contributed by atoms with Gasteiger partial charge in [0.25, 0.3) is 0 Å².